The Morgan fingerprint density at radius 3 is 2.55 bits per heavy atom. The van der Waals surface area contributed by atoms with Crippen molar-refractivity contribution in [1.29, 1.82) is 0 Å². The first-order valence-electron chi connectivity index (χ1n) is 3.30. The summed E-state index contributed by atoms with van der Waals surface area (Å²) in [7, 11) is 0. The standard InChI is InChI=1S/C9H10S2/c1-11-9(10)7-8-5-3-2-4-6-8/h2-7,10H,1H3/p-1/b9-7+. The largest absolute Gasteiger partial charge is 0.773 e. The second kappa shape index (κ2) is 4.42. The SMILES string of the molecule is CS/C([S-])=C/c1ccccc1. The highest BCUT2D eigenvalue weighted by Crippen LogP contribution is 2.13. The van der Waals surface area contributed by atoms with Gasteiger partial charge in [-0.25, -0.2) is 0 Å². The Balaban J connectivity index is 2.79. The maximum atomic E-state index is 5.04. The zero-order chi connectivity index (χ0) is 8.10. The summed E-state index contributed by atoms with van der Waals surface area (Å²) in [5.74, 6) is 0. The van der Waals surface area contributed by atoms with Crippen LogP contribution < -0.4 is 0 Å². The minimum Gasteiger partial charge on any atom is -0.773 e. The molecule has 2 heteroatoms. The lowest BCUT2D eigenvalue weighted by Crippen LogP contribution is -1.71. The van der Waals surface area contributed by atoms with Gasteiger partial charge in [0.2, 0.25) is 0 Å². The molecule has 1 aromatic carbocycles. The Morgan fingerprint density at radius 1 is 1.36 bits per heavy atom. The van der Waals surface area contributed by atoms with Gasteiger partial charge < -0.3 is 12.6 Å². The van der Waals surface area contributed by atoms with Crippen LogP contribution in [0.4, 0.5) is 0 Å². The molecule has 0 aliphatic heterocycles. The van der Waals surface area contributed by atoms with Crippen LogP contribution in [-0.4, -0.2) is 6.26 Å². The molecule has 1 rings (SSSR count). The molecule has 0 unspecified atom stereocenters. The maximum Gasteiger partial charge on any atom is -0.0157 e. The van der Waals surface area contributed by atoms with Gasteiger partial charge in [0.1, 0.15) is 0 Å². The van der Waals surface area contributed by atoms with Gasteiger partial charge in [-0.05, 0) is 11.8 Å². The molecule has 0 atom stereocenters. The molecule has 0 spiro atoms. The molecule has 0 saturated heterocycles. The van der Waals surface area contributed by atoms with Crippen molar-refractivity contribution in [3.63, 3.8) is 0 Å². The van der Waals surface area contributed by atoms with E-state index in [0.717, 1.165) is 4.24 Å². The summed E-state index contributed by atoms with van der Waals surface area (Å²) >= 11 is 6.64. The average molecular weight is 181 g/mol. The zero-order valence-corrected chi connectivity index (χ0v) is 7.91. The third-order valence-electron chi connectivity index (χ3n) is 1.29. The Hall–Kier alpha value is -0.470. The van der Waals surface area contributed by atoms with E-state index < -0.39 is 0 Å². The molecule has 11 heavy (non-hydrogen) atoms. The van der Waals surface area contributed by atoms with Gasteiger partial charge in [0, 0.05) is 0 Å². The fraction of sp³-hybridized carbons (Fsp3) is 0.111. The van der Waals surface area contributed by atoms with E-state index in [1.54, 1.807) is 11.8 Å². The van der Waals surface area contributed by atoms with Crippen LogP contribution in [-0.2, 0) is 12.6 Å². The van der Waals surface area contributed by atoms with Crippen molar-refractivity contribution in [2.75, 3.05) is 6.26 Å². The Morgan fingerprint density at radius 2 is 2.00 bits per heavy atom. The van der Waals surface area contributed by atoms with Gasteiger partial charge in [0.15, 0.2) is 0 Å². The molecule has 0 fully saturated rings. The Labute approximate surface area is 77.1 Å². The lowest BCUT2D eigenvalue weighted by Gasteiger charge is -2.06. The van der Waals surface area contributed by atoms with Gasteiger partial charge in [0.05, 0.1) is 0 Å². The molecule has 0 bridgehead atoms. The van der Waals surface area contributed by atoms with Crippen LogP contribution in [0.3, 0.4) is 0 Å². The van der Waals surface area contributed by atoms with Crippen molar-refractivity contribution in [1.82, 2.24) is 0 Å². The number of rotatable bonds is 2. The molecule has 0 amide bonds. The van der Waals surface area contributed by atoms with E-state index in [-0.39, 0.29) is 0 Å². The van der Waals surface area contributed by atoms with Crippen molar-refractivity contribution in [3.05, 3.63) is 40.1 Å². The van der Waals surface area contributed by atoms with Crippen molar-refractivity contribution in [2.24, 2.45) is 0 Å². The first-order valence-corrected chi connectivity index (χ1v) is 4.94. The maximum absolute atomic E-state index is 5.04. The lowest BCUT2D eigenvalue weighted by atomic mass is 10.2. The summed E-state index contributed by atoms with van der Waals surface area (Å²) in [6, 6.07) is 10.1. The van der Waals surface area contributed by atoms with Gasteiger partial charge in [-0.1, -0.05) is 36.4 Å². The molecule has 0 aromatic heterocycles. The molecular formula is C9H9S2-. The first kappa shape index (κ1) is 8.62. The van der Waals surface area contributed by atoms with E-state index in [9.17, 15) is 0 Å². The topological polar surface area (TPSA) is 0 Å². The molecule has 0 aliphatic rings. The molecule has 1 aromatic rings. The molecule has 0 aliphatic carbocycles. The molecule has 0 heterocycles. The van der Waals surface area contributed by atoms with Crippen molar-refractivity contribution in [2.45, 2.75) is 0 Å². The van der Waals surface area contributed by atoms with Gasteiger partial charge in [-0.3, -0.25) is 0 Å². The second-order valence-corrected chi connectivity index (χ2v) is 3.62. The predicted octanol–water partition coefficient (Wildman–Crippen LogP) is 2.89. The van der Waals surface area contributed by atoms with E-state index >= 15 is 0 Å². The summed E-state index contributed by atoms with van der Waals surface area (Å²) < 4.78 is 0.927. The summed E-state index contributed by atoms with van der Waals surface area (Å²) in [6.45, 7) is 0. The van der Waals surface area contributed by atoms with E-state index in [1.807, 2.05) is 42.7 Å². The first-order chi connectivity index (χ1) is 5.33. The highest BCUT2D eigenvalue weighted by Gasteiger charge is 1.81. The third-order valence-corrected chi connectivity index (χ3v) is 2.42. The van der Waals surface area contributed by atoms with Crippen molar-refractivity contribution >= 4 is 30.5 Å². The van der Waals surface area contributed by atoms with Crippen LogP contribution >= 0.6 is 11.8 Å². The molecule has 0 radical (unpaired) electrons. The number of benzene rings is 1. The Kier molecular flexibility index (Phi) is 3.46. The minimum absolute atomic E-state index is 0.927. The summed E-state index contributed by atoms with van der Waals surface area (Å²) in [5.41, 5.74) is 1.17. The number of thioether (sulfide) groups is 1. The second-order valence-electron chi connectivity index (χ2n) is 2.08. The van der Waals surface area contributed by atoms with Crippen molar-refractivity contribution in [3.8, 4) is 0 Å². The Bertz CT molecular complexity index is 239. The summed E-state index contributed by atoms with van der Waals surface area (Å²) in [5, 5.41) is 0. The quantitative estimate of drug-likeness (QED) is 0.643. The summed E-state index contributed by atoms with van der Waals surface area (Å²) in [4.78, 5) is 0. The molecular weight excluding hydrogens is 172 g/mol. The highest BCUT2D eigenvalue weighted by molar-refractivity contribution is 8.10. The van der Waals surface area contributed by atoms with Crippen LogP contribution in [0.1, 0.15) is 5.56 Å². The van der Waals surface area contributed by atoms with Crippen LogP contribution in [0.25, 0.3) is 6.08 Å². The predicted molar refractivity (Wildman–Crippen MR) is 55.3 cm³/mol. The zero-order valence-electron chi connectivity index (χ0n) is 6.28. The van der Waals surface area contributed by atoms with Gasteiger partial charge in [0.25, 0.3) is 0 Å². The third kappa shape index (κ3) is 2.95. The van der Waals surface area contributed by atoms with Gasteiger partial charge in [-0.2, -0.15) is 11.8 Å². The summed E-state index contributed by atoms with van der Waals surface area (Å²) in [6.07, 6.45) is 3.99. The van der Waals surface area contributed by atoms with E-state index in [2.05, 4.69) is 0 Å². The van der Waals surface area contributed by atoms with Crippen LogP contribution in [0.2, 0.25) is 0 Å². The van der Waals surface area contributed by atoms with E-state index in [4.69, 9.17) is 12.6 Å². The lowest BCUT2D eigenvalue weighted by molar-refractivity contribution is 1.66. The van der Waals surface area contributed by atoms with Gasteiger partial charge in [-0.15, -0.1) is 4.24 Å². The van der Waals surface area contributed by atoms with Gasteiger partial charge >= 0.3 is 0 Å². The van der Waals surface area contributed by atoms with E-state index in [0.29, 0.717) is 0 Å². The minimum atomic E-state index is 0.927. The fourth-order valence-corrected chi connectivity index (χ4v) is 1.13. The van der Waals surface area contributed by atoms with Crippen molar-refractivity contribution < 1.29 is 0 Å². The number of hydrogen-bond acceptors (Lipinski definition) is 2. The van der Waals surface area contributed by atoms with Crippen LogP contribution in [0, 0.1) is 0 Å². The normalized spacial score (nSPS) is 11.5. The molecule has 58 valence electrons. The molecule has 0 nitrogen and oxygen atoms in total. The highest BCUT2D eigenvalue weighted by atomic mass is 32.2. The molecule has 0 saturated carbocycles. The smallest absolute Gasteiger partial charge is 0.0157 e. The molecule has 0 N–H and O–H groups in total. The monoisotopic (exact) mass is 181 g/mol. The number of hydrogen-bond donors (Lipinski definition) is 0. The van der Waals surface area contributed by atoms with Crippen LogP contribution in [0.15, 0.2) is 34.6 Å². The van der Waals surface area contributed by atoms with E-state index in [1.165, 1.54) is 5.56 Å². The fourth-order valence-electron chi connectivity index (χ4n) is 0.744. The van der Waals surface area contributed by atoms with Crippen LogP contribution in [0.5, 0.6) is 0 Å². The average Bonchev–Trinajstić information content (AvgIpc) is 2.06.